The molecule has 7 nitrogen and oxygen atoms in total. The Morgan fingerprint density at radius 1 is 1.00 bits per heavy atom. The molecule has 1 aromatic heterocycles. The highest BCUT2D eigenvalue weighted by Gasteiger charge is 2.24. The number of anilines is 1. The lowest BCUT2D eigenvalue weighted by Crippen LogP contribution is -2.48. The summed E-state index contributed by atoms with van der Waals surface area (Å²) in [6.07, 6.45) is 1.48. The molecule has 1 amide bonds. The van der Waals surface area contributed by atoms with Crippen LogP contribution >= 0.6 is 11.6 Å². The standard InChI is InChI=1S/C22H22ClN3O4S/c23-20-8-1-2-9-21(20)25-10-12-26(13-11-25)22(27)17-5-3-7-19(15-17)31(28,29)24-16-18-6-4-14-30-18/h1-9,14-15,24H,10-13,16H2. The largest absolute Gasteiger partial charge is 0.468 e. The van der Waals surface area contributed by atoms with E-state index in [9.17, 15) is 13.2 Å². The Bertz CT molecular complexity index is 1160. The smallest absolute Gasteiger partial charge is 0.254 e. The van der Waals surface area contributed by atoms with Gasteiger partial charge in [0.05, 0.1) is 28.4 Å². The number of piperazine rings is 1. The molecule has 0 unspecified atom stereocenters. The first kappa shape index (κ1) is 21.4. The second-order valence-corrected chi connectivity index (χ2v) is 9.34. The monoisotopic (exact) mass is 459 g/mol. The van der Waals surface area contributed by atoms with E-state index in [1.165, 1.54) is 18.4 Å². The molecule has 2 aromatic carbocycles. The minimum atomic E-state index is -3.78. The third-order valence-corrected chi connectivity index (χ3v) is 6.89. The lowest BCUT2D eigenvalue weighted by molar-refractivity contribution is 0.0746. The van der Waals surface area contributed by atoms with Crippen molar-refractivity contribution in [2.75, 3.05) is 31.1 Å². The van der Waals surface area contributed by atoms with Crippen LogP contribution in [0.5, 0.6) is 0 Å². The number of hydrogen-bond donors (Lipinski definition) is 1. The first-order chi connectivity index (χ1) is 14.9. The summed E-state index contributed by atoms with van der Waals surface area (Å²) in [7, 11) is -3.78. The van der Waals surface area contributed by atoms with Crippen LogP contribution in [-0.2, 0) is 16.6 Å². The Morgan fingerprint density at radius 2 is 1.77 bits per heavy atom. The van der Waals surface area contributed by atoms with Gasteiger partial charge in [-0.1, -0.05) is 29.8 Å². The first-order valence-electron chi connectivity index (χ1n) is 9.85. The number of nitrogens with zero attached hydrogens (tertiary/aromatic N) is 2. The zero-order valence-corrected chi connectivity index (χ0v) is 18.3. The van der Waals surface area contributed by atoms with E-state index in [4.69, 9.17) is 16.0 Å². The van der Waals surface area contributed by atoms with Crippen molar-refractivity contribution >= 4 is 33.2 Å². The average Bonchev–Trinajstić information content (AvgIpc) is 3.32. The molecule has 31 heavy (non-hydrogen) atoms. The first-order valence-corrected chi connectivity index (χ1v) is 11.7. The predicted molar refractivity (Wildman–Crippen MR) is 119 cm³/mol. The van der Waals surface area contributed by atoms with Crippen LogP contribution in [0.3, 0.4) is 0 Å². The van der Waals surface area contributed by atoms with E-state index < -0.39 is 10.0 Å². The normalized spacial score (nSPS) is 14.6. The average molecular weight is 460 g/mol. The van der Waals surface area contributed by atoms with Gasteiger partial charge in [-0.3, -0.25) is 4.79 Å². The molecule has 0 atom stereocenters. The fraction of sp³-hybridized carbons (Fsp3) is 0.227. The summed E-state index contributed by atoms with van der Waals surface area (Å²) in [4.78, 5) is 16.9. The summed E-state index contributed by atoms with van der Waals surface area (Å²) in [6, 6.07) is 17.1. The molecule has 2 heterocycles. The van der Waals surface area contributed by atoms with E-state index >= 15 is 0 Å². The summed E-state index contributed by atoms with van der Waals surface area (Å²) in [5.41, 5.74) is 1.29. The summed E-state index contributed by atoms with van der Waals surface area (Å²) in [5, 5.41) is 0.683. The van der Waals surface area contributed by atoms with Crippen molar-refractivity contribution in [1.82, 2.24) is 9.62 Å². The zero-order chi connectivity index (χ0) is 21.8. The number of furan rings is 1. The number of halogens is 1. The lowest BCUT2D eigenvalue weighted by Gasteiger charge is -2.36. The van der Waals surface area contributed by atoms with E-state index in [1.54, 1.807) is 29.2 Å². The van der Waals surface area contributed by atoms with Gasteiger partial charge in [-0.2, -0.15) is 0 Å². The maximum absolute atomic E-state index is 13.0. The number of amides is 1. The van der Waals surface area contributed by atoms with E-state index in [-0.39, 0.29) is 17.3 Å². The molecular weight excluding hydrogens is 438 g/mol. The number of sulfonamides is 1. The number of para-hydroxylation sites is 1. The maximum Gasteiger partial charge on any atom is 0.254 e. The number of nitrogens with one attached hydrogen (secondary N) is 1. The Kier molecular flexibility index (Phi) is 6.31. The molecule has 0 saturated carbocycles. The van der Waals surface area contributed by atoms with Crippen molar-refractivity contribution in [2.45, 2.75) is 11.4 Å². The fourth-order valence-electron chi connectivity index (χ4n) is 3.50. The minimum Gasteiger partial charge on any atom is -0.468 e. The summed E-state index contributed by atoms with van der Waals surface area (Å²) >= 11 is 6.28. The predicted octanol–water partition coefficient (Wildman–Crippen LogP) is 3.37. The molecule has 1 N–H and O–H groups in total. The highest BCUT2D eigenvalue weighted by atomic mass is 35.5. The van der Waals surface area contributed by atoms with Gasteiger partial charge < -0.3 is 14.2 Å². The van der Waals surface area contributed by atoms with Gasteiger partial charge >= 0.3 is 0 Å². The fourth-order valence-corrected chi connectivity index (χ4v) is 4.79. The second kappa shape index (κ2) is 9.13. The number of carbonyl (C=O) groups is 1. The van der Waals surface area contributed by atoms with Gasteiger partial charge in [-0.05, 0) is 42.5 Å². The van der Waals surface area contributed by atoms with Crippen LogP contribution < -0.4 is 9.62 Å². The van der Waals surface area contributed by atoms with Crippen molar-refractivity contribution in [1.29, 1.82) is 0 Å². The van der Waals surface area contributed by atoms with Crippen LogP contribution in [0.15, 0.2) is 76.2 Å². The van der Waals surface area contributed by atoms with Gasteiger partial charge in [-0.15, -0.1) is 0 Å². The third-order valence-electron chi connectivity index (χ3n) is 5.17. The van der Waals surface area contributed by atoms with Gasteiger partial charge in [0, 0.05) is 31.7 Å². The molecule has 4 rings (SSSR count). The Hall–Kier alpha value is -2.81. The second-order valence-electron chi connectivity index (χ2n) is 7.16. The van der Waals surface area contributed by atoms with Crippen molar-refractivity contribution in [3.8, 4) is 0 Å². The number of rotatable bonds is 6. The molecule has 162 valence electrons. The maximum atomic E-state index is 13.0. The molecule has 0 radical (unpaired) electrons. The molecule has 1 fully saturated rings. The van der Waals surface area contributed by atoms with Gasteiger partial charge in [0.15, 0.2) is 0 Å². The molecule has 1 aliphatic heterocycles. The molecule has 9 heteroatoms. The quantitative estimate of drug-likeness (QED) is 0.611. The van der Waals surface area contributed by atoms with Crippen molar-refractivity contribution in [2.24, 2.45) is 0 Å². The van der Waals surface area contributed by atoms with Crippen molar-refractivity contribution < 1.29 is 17.6 Å². The summed E-state index contributed by atoms with van der Waals surface area (Å²) in [6.45, 7) is 2.39. The van der Waals surface area contributed by atoms with E-state index in [0.717, 1.165) is 5.69 Å². The third kappa shape index (κ3) is 4.92. The topological polar surface area (TPSA) is 82.9 Å². The van der Waals surface area contributed by atoms with Gasteiger partial charge in [-0.25, -0.2) is 13.1 Å². The molecule has 0 aliphatic carbocycles. The minimum absolute atomic E-state index is 0.0392. The van der Waals surface area contributed by atoms with E-state index in [1.807, 2.05) is 24.3 Å². The van der Waals surface area contributed by atoms with Crippen molar-refractivity contribution in [3.05, 3.63) is 83.3 Å². The van der Waals surface area contributed by atoms with Gasteiger partial charge in [0.1, 0.15) is 5.76 Å². The number of hydrogen-bond acceptors (Lipinski definition) is 5. The molecular formula is C22H22ClN3O4S. The molecule has 0 bridgehead atoms. The summed E-state index contributed by atoms with van der Waals surface area (Å²) in [5.74, 6) is 0.314. The van der Waals surface area contributed by atoms with Crippen LogP contribution in [0.1, 0.15) is 16.1 Å². The Labute approximate surface area is 186 Å². The number of carbonyl (C=O) groups excluding carboxylic acids is 1. The number of benzene rings is 2. The zero-order valence-electron chi connectivity index (χ0n) is 16.7. The van der Waals surface area contributed by atoms with Crippen molar-refractivity contribution in [3.63, 3.8) is 0 Å². The highest BCUT2D eigenvalue weighted by molar-refractivity contribution is 7.89. The highest BCUT2D eigenvalue weighted by Crippen LogP contribution is 2.26. The Balaban J connectivity index is 1.42. The molecule has 1 aliphatic rings. The molecule has 0 spiro atoms. The summed E-state index contributed by atoms with van der Waals surface area (Å²) < 4.78 is 32.9. The molecule has 1 saturated heterocycles. The van der Waals surface area contributed by atoms with Gasteiger partial charge in [0.25, 0.3) is 5.91 Å². The molecule has 3 aromatic rings. The lowest BCUT2D eigenvalue weighted by atomic mass is 10.1. The van der Waals surface area contributed by atoms with Gasteiger partial charge in [0.2, 0.25) is 10.0 Å². The van der Waals surface area contributed by atoms with Crippen LogP contribution in [-0.4, -0.2) is 45.4 Å². The van der Waals surface area contributed by atoms with E-state index in [0.29, 0.717) is 42.5 Å². The van der Waals surface area contributed by atoms with E-state index in [2.05, 4.69) is 9.62 Å². The van der Waals surface area contributed by atoms with Crippen LogP contribution in [0.4, 0.5) is 5.69 Å². The SMILES string of the molecule is O=C(c1cccc(S(=O)(=O)NCc2ccco2)c1)N1CCN(c2ccccc2Cl)CC1. The van der Waals surface area contributed by atoms with Crippen LogP contribution in [0.25, 0.3) is 0 Å². The van der Waals surface area contributed by atoms with Crippen LogP contribution in [0.2, 0.25) is 5.02 Å². The van der Waals surface area contributed by atoms with Crippen LogP contribution in [0, 0.1) is 0 Å². The Morgan fingerprint density at radius 3 is 2.48 bits per heavy atom.